The molecule has 0 amide bonds. The number of fused-ring (bicyclic) bond motifs is 1. The SMILES string of the molecule is CCCCn1c(C(C)C(=O)OCC)nc2ccccc2c1=O. The van der Waals surface area contributed by atoms with Gasteiger partial charge in [-0.15, -0.1) is 0 Å². The summed E-state index contributed by atoms with van der Waals surface area (Å²) in [6.45, 7) is 6.44. The van der Waals surface area contributed by atoms with Gasteiger partial charge in [0.15, 0.2) is 0 Å². The number of hydrogen-bond donors (Lipinski definition) is 0. The molecular formula is C17H22N2O3. The fourth-order valence-electron chi connectivity index (χ4n) is 2.42. The molecule has 0 radical (unpaired) electrons. The van der Waals surface area contributed by atoms with Crippen molar-refractivity contribution in [2.75, 3.05) is 6.61 Å². The minimum absolute atomic E-state index is 0.0924. The van der Waals surface area contributed by atoms with Gasteiger partial charge in [-0.25, -0.2) is 4.98 Å². The summed E-state index contributed by atoms with van der Waals surface area (Å²) in [6, 6.07) is 7.22. The van der Waals surface area contributed by atoms with E-state index in [1.807, 2.05) is 12.1 Å². The van der Waals surface area contributed by atoms with Crippen LogP contribution >= 0.6 is 0 Å². The van der Waals surface area contributed by atoms with Crippen LogP contribution in [0.25, 0.3) is 10.9 Å². The highest BCUT2D eigenvalue weighted by molar-refractivity contribution is 5.80. The molecule has 1 unspecified atom stereocenters. The lowest BCUT2D eigenvalue weighted by molar-refractivity contribution is -0.144. The van der Waals surface area contributed by atoms with Crippen LogP contribution in [-0.2, 0) is 16.1 Å². The standard InChI is InChI=1S/C17H22N2O3/c1-4-6-11-19-15(12(3)17(21)22-5-2)18-14-10-8-7-9-13(14)16(19)20/h7-10,12H,4-6,11H2,1-3H3. The van der Waals surface area contributed by atoms with Gasteiger partial charge in [-0.2, -0.15) is 0 Å². The molecule has 22 heavy (non-hydrogen) atoms. The van der Waals surface area contributed by atoms with Crippen molar-refractivity contribution in [2.45, 2.75) is 46.1 Å². The number of benzene rings is 1. The fourth-order valence-corrected chi connectivity index (χ4v) is 2.42. The van der Waals surface area contributed by atoms with Gasteiger partial charge in [0.25, 0.3) is 5.56 Å². The van der Waals surface area contributed by atoms with Crippen molar-refractivity contribution in [3.8, 4) is 0 Å². The molecule has 118 valence electrons. The zero-order valence-electron chi connectivity index (χ0n) is 13.3. The lowest BCUT2D eigenvalue weighted by atomic mass is 10.1. The average Bonchev–Trinajstić information content (AvgIpc) is 2.53. The molecule has 1 aromatic heterocycles. The third-order valence-corrected chi connectivity index (χ3v) is 3.65. The van der Waals surface area contributed by atoms with E-state index in [2.05, 4.69) is 11.9 Å². The predicted octanol–water partition coefficient (Wildman–Crippen LogP) is 2.86. The number of carbonyl (C=O) groups excluding carboxylic acids is 1. The summed E-state index contributed by atoms with van der Waals surface area (Å²) >= 11 is 0. The first-order valence-electron chi connectivity index (χ1n) is 7.76. The van der Waals surface area contributed by atoms with Crippen LogP contribution < -0.4 is 5.56 Å². The van der Waals surface area contributed by atoms with Crippen molar-refractivity contribution in [2.24, 2.45) is 0 Å². The Kier molecular flexibility index (Phi) is 5.31. The number of esters is 1. The van der Waals surface area contributed by atoms with Crippen molar-refractivity contribution in [3.05, 3.63) is 40.4 Å². The van der Waals surface area contributed by atoms with E-state index >= 15 is 0 Å². The van der Waals surface area contributed by atoms with Crippen LogP contribution in [-0.4, -0.2) is 22.1 Å². The van der Waals surface area contributed by atoms with E-state index in [0.717, 1.165) is 12.8 Å². The maximum atomic E-state index is 12.7. The highest BCUT2D eigenvalue weighted by Crippen LogP contribution is 2.17. The van der Waals surface area contributed by atoms with Crippen molar-refractivity contribution in [3.63, 3.8) is 0 Å². The van der Waals surface area contributed by atoms with Crippen LogP contribution in [0.1, 0.15) is 45.4 Å². The monoisotopic (exact) mass is 302 g/mol. The first-order chi connectivity index (χ1) is 10.6. The molecular weight excluding hydrogens is 280 g/mol. The minimum Gasteiger partial charge on any atom is -0.465 e. The Labute approximate surface area is 129 Å². The number of rotatable bonds is 6. The summed E-state index contributed by atoms with van der Waals surface area (Å²) in [5.74, 6) is -0.431. The Bertz CT molecular complexity index is 721. The van der Waals surface area contributed by atoms with Crippen molar-refractivity contribution < 1.29 is 9.53 Å². The summed E-state index contributed by atoms with van der Waals surface area (Å²) in [5.41, 5.74) is 0.525. The number of aromatic nitrogens is 2. The van der Waals surface area contributed by atoms with E-state index in [1.54, 1.807) is 30.5 Å². The molecule has 0 aliphatic carbocycles. The molecule has 2 rings (SSSR count). The zero-order valence-corrected chi connectivity index (χ0v) is 13.3. The third-order valence-electron chi connectivity index (χ3n) is 3.65. The van der Waals surface area contributed by atoms with E-state index in [1.165, 1.54) is 0 Å². The molecule has 0 spiro atoms. The van der Waals surface area contributed by atoms with Gasteiger partial charge in [0.1, 0.15) is 11.7 Å². The molecule has 0 saturated heterocycles. The van der Waals surface area contributed by atoms with Crippen LogP contribution in [0.3, 0.4) is 0 Å². The highest BCUT2D eigenvalue weighted by Gasteiger charge is 2.23. The molecule has 0 fully saturated rings. The van der Waals surface area contributed by atoms with Gasteiger partial charge in [-0.05, 0) is 32.4 Å². The number of hydrogen-bond acceptors (Lipinski definition) is 4. The van der Waals surface area contributed by atoms with E-state index in [0.29, 0.717) is 29.9 Å². The summed E-state index contributed by atoms with van der Waals surface area (Å²) < 4.78 is 6.69. The van der Waals surface area contributed by atoms with Crippen LogP contribution in [0.15, 0.2) is 29.1 Å². The lowest BCUT2D eigenvalue weighted by Gasteiger charge is -2.17. The summed E-state index contributed by atoms with van der Waals surface area (Å²) in [7, 11) is 0. The van der Waals surface area contributed by atoms with Gasteiger partial charge in [0.05, 0.1) is 17.5 Å². The van der Waals surface area contributed by atoms with Gasteiger partial charge in [-0.1, -0.05) is 25.5 Å². The minimum atomic E-state index is -0.561. The Morgan fingerprint density at radius 3 is 2.73 bits per heavy atom. The average molecular weight is 302 g/mol. The van der Waals surface area contributed by atoms with E-state index in [-0.39, 0.29) is 11.5 Å². The second-order valence-corrected chi connectivity index (χ2v) is 5.27. The van der Waals surface area contributed by atoms with Crippen molar-refractivity contribution in [1.82, 2.24) is 9.55 Å². The third kappa shape index (κ3) is 3.18. The first-order valence-corrected chi connectivity index (χ1v) is 7.76. The van der Waals surface area contributed by atoms with E-state index in [4.69, 9.17) is 4.74 Å². The highest BCUT2D eigenvalue weighted by atomic mass is 16.5. The van der Waals surface area contributed by atoms with Crippen LogP contribution in [0.2, 0.25) is 0 Å². The zero-order chi connectivity index (χ0) is 16.1. The topological polar surface area (TPSA) is 61.2 Å². The van der Waals surface area contributed by atoms with Crippen molar-refractivity contribution in [1.29, 1.82) is 0 Å². The van der Waals surface area contributed by atoms with Crippen LogP contribution in [0, 0.1) is 0 Å². The molecule has 1 aromatic carbocycles. The maximum Gasteiger partial charge on any atom is 0.316 e. The molecule has 0 saturated carbocycles. The van der Waals surface area contributed by atoms with Crippen LogP contribution in [0.4, 0.5) is 0 Å². The molecule has 5 nitrogen and oxygen atoms in total. The van der Waals surface area contributed by atoms with Gasteiger partial charge < -0.3 is 4.74 Å². The largest absolute Gasteiger partial charge is 0.465 e. The van der Waals surface area contributed by atoms with Crippen molar-refractivity contribution >= 4 is 16.9 Å². The molecule has 0 aliphatic heterocycles. The fraction of sp³-hybridized carbons (Fsp3) is 0.471. The molecule has 0 N–H and O–H groups in total. The lowest BCUT2D eigenvalue weighted by Crippen LogP contribution is -2.29. The maximum absolute atomic E-state index is 12.7. The normalized spacial score (nSPS) is 12.3. The molecule has 5 heteroatoms. The summed E-state index contributed by atoms with van der Waals surface area (Å²) in [4.78, 5) is 29.3. The molecule has 1 atom stereocenters. The van der Waals surface area contributed by atoms with E-state index in [9.17, 15) is 9.59 Å². The van der Waals surface area contributed by atoms with E-state index < -0.39 is 5.92 Å². The number of para-hydroxylation sites is 1. The Hall–Kier alpha value is -2.17. The molecule has 0 aliphatic rings. The van der Waals surface area contributed by atoms with Gasteiger partial charge in [-0.3, -0.25) is 14.2 Å². The number of ether oxygens (including phenoxy) is 1. The molecule has 1 heterocycles. The summed E-state index contributed by atoms with van der Waals surface area (Å²) in [6.07, 6.45) is 1.83. The van der Waals surface area contributed by atoms with Crippen LogP contribution in [0.5, 0.6) is 0 Å². The van der Waals surface area contributed by atoms with Gasteiger partial charge in [0.2, 0.25) is 0 Å². The smallest absolute Gasteiger partial charge is 0.316 e. The first kappa shape index (κ1) is 16.2. The number of unbranched alkanes of at least 4 members (excludes halogenated alkanes) is 1. The molecule has 0 bridgehead atoms. The second-order valence-electron chi connectivity index (χ2n) is 5.27. The predicted molar refractivity (Wildman–Crippen MR) is 86.0 cm³/mol. The van der Waals surface area contributed by atoms with Gasteiger partial charge in [0, 0.05) is 6.54 Å². The number of nitrogens with zero attached hydrogens (tertiary/aromatic N) is 2. The molecule has 2 aromatic rings. The Balaban J connectivity index is 2.59. The van der Waals surface area contributed by atoms with Gasteiger partial charge >= 0.3 is 5.97 Å². The quantitative estimate of drug-likeness (QED) is 0.770. The Morgan fingerprint density at radius 2 is 2.05 bits per heavy atom. The summed E-state index contributed by atoms with van der Waals surface area (Å²) in [5, 5.41) is 0.582. The second kappa shape index (κ2) is 7.20. The number of carbonyl (C=O) groups is 1. The Morgan fingerprint density at radius 1 is 1.32 bits per heavy atom.